The monoisotopic (exact) mass is 408 g/mol. The van der Waals surface area contributed by atoms with Gasteiger partial charge < -0.3 is 9.47 Å². The standard InChI is InChI=1S/C25H29ClN2O/c1-3-27-17-23(21-9-4-5-10-24(21)27)22(19-7-6-8-20(26)15-19)16-25(29)28-13-11-18(2)12-14-28/h4-10,15,17-18,22H,3,11-14,16H2,1-2H3. The lowest BCUT2D eigenvalue weighted by atomic mass is 9.87. The molecular formula is C25H29ClN2O. The van der Waals surface area contributed by atoms with Gasteiger partial charge in [-0.05, 0) is 55.0 Å². The summed E-state index contributed by atoms with van der Waals surface area (Å²) in [7, 11) is 0. The molecule has 1 aromatic heterocycles. The summed E-state index contributed by atoms with van der Waals surface area (Å²) in [6, 6.07) is 16.5. The Labute approximate surface area is 178 Å². The largest absolute Gasteiger partial charge is 0.347 e. The third-order valence-electron chi connectivity index (χ3n) is 6.30. The van der Waals surface area contributed by atoms with Crippen LogP contribution in [0.5, 0.6) is 0 Å². The van der Waals surface area contributed by atoms with Gasteiger partial charge >= 0.3 is 0 Å². The fraction of sp³-hybridized carbons (Fsp3) is 0.400. The van der Waals surface area contributed by atoms with Gasteiger partial charge in [0.25, 0.3) is 0 Å². The van der Waals surface area contributed by atoms with Crippen LogP contribution in [0.2, 0.25) is 5.02 Å². The molecular weight excluding hydrogens is 380 g/mol. The number of carbonyl (C=O) groups is 1. The van der Waals surface area contributed by atoms with Crippen molar-refractivity contribution in [2.75, 3.05) is 13.1 Å². The van der Waals surface area contributed by atoms with E-state index in [1.165, 1.54) is 16.5 Å². The van der Waals surface area contributed by atoms with Crippen LogP contribution in [-0.2, 0) is 11.3 Å². The Morgan fingerprint density at radius 3 is 2.62 bits per heavy atom. The first kappa shape index (κ1) is 20.0. The van der Waals surface area contributed by atoms with Crippen LogP contribution >= 0.6 is 11.6 Å². The van der Waals surface area contributed by atoms with E-state index >= 15 is 0 Å². The van der Waals surface area contributed by atoms with Crippen molar-refractivity contribution in [3.8, 4) is 0 Å². The first-order valence-corrected chi connectivity index (χ1v) is 11.1. The van der Waals surface area contributed by atoms with Crippen molar-refractivity contribution in [1.82, 2.24) is 9.47 Å². The number of carbonyl (C=O) groups excluding carboxylic acids is 1. The zero-order valence-electron chi connectivity index (χ0n) is 17.3. The zero-order chi connectivity index (χ0) is 20.4. The Morgan fingerprint density at radius 1 is 1.14 bits per heavy atom. The molecule has 0 radical (unpaired) electrons. The van der Waals surface area contributed by atoms with E-state index in [1.54, 1.807) is 0 Å². The topological polar surface area (TPSA) is 25.2 Å². The average molecular weight is 409 g/mol. The van der Waals surface area contributed by atoms with Gasteiger partial charge in [0.2, 0.25) is 5.91 Å². The van der Waals surface area contributed by atoms with Crippen molar-refractivity contribution in [3.63, 3.8) is 0 Å². The third kappa shape index (κ3) is 4.20. The summed E-state index contributed by atoms with van der Waals surface area (Å²) in [6.07, 6.45) is 4.90. The third-order valence-corrected chi connectivity index (χ3v) is 6.54. The molecule has 0 N–H and O–H groups in total. The quantitative estimate of drug-likeness (QED) is 0.501. The van der Waals surface area contributed by atoms with Crippen LogP contribution in [0.1, 0.15) is 50.2 Å². The normalized spacial score (nSPS) is 16.3. The maximum atomic E-state index is 13.2. The number of nitrogens with zero attached hydrogens (tertiary/aromatic N) is 2. The molecule has 4 rings (SSSR count). The number of aromatic nitrogens is 1. The van der Waals surface area contributed by atoms with Crippen LogP contribution in [0.25, 0.3) is 10.9 Å². The summed E-state index contributed by atoms with van der Waals surface area (Å²) in [5.41, 5.74) is 3.54. The molecule has 2 aromatic carbocycles. The SMILES string of the molecule is CCn1cc(C(CC(=O)N2CCC(C)CC2)c2cccc(Cl)c2)c2ccccc21. The number of para-hydroxylation sites is 1. The lowest BCUT2D eigenvalue weighted by Gasteiger charge is -2.31. The number of piperidine rings is 1. The number of hydrogen-bond donors (Lipinski definition) is 0. The van der Waals surface area contributed by atoms with Gasteiger partial charge in [-0.3, -0.25) is 4.79 Å². The van der Waals surface area contributed by atoms with Gasteiger partial charge in [0.15, 0.2) is 0 Å². The van der Waals surface area contributed by atoms with Crippen LogP contribution in [-0.4, -0.2) is 28.5 Å². The van der Waals surface area contributed by atoms with E-state index in [9.17, 15) is 4.79 Å². The highest BCUT2D eigenvalue weighted by molar-refractivity contribution is 6.30. The summed E-state index contributed by atoms with van der Waals surface area (Å²) in [5, 5.41) is 1.94. The highest BCUT2D eigenvalue weighted by Crippen LogP contribution is 2.36. The summed E-state index contributed by atoms with van der Waals surface area (Å²) in [6.45, 7) is 7.08. The molecule has 1 aliphatic rings. The van der Waals surface area contributed by atoms with Crippen LogP contribution in [0.15, 0.2) is 54.7 Å². The van der Waals surface area contributed by atoms with Gasteiger partial charge in [0.1, 0.15) is 0 Å². The van der Waals surface area contributed by atoms with E-state index in [0.29, 0.717) is 17.4 Å². The van der Waals surface area contributed by atoms with Crippen LogP contribution in [0.3, 0.4) is 0 Å². The van der Waals surface area contributed by atoms with Crippen LogP contribution in [0.4, 0.5) is 0 Å². The summed E-state index contributed by atoms with van der Waals surface area (Å²) >= 11 is 6.33. The first-order chi connectivity index (χ1) is 14.1. The molecule has 3 nitrogen and oxygen atoms in total. The second kappa shape index (κ2) is 8.62. The van der Waals surface area contributed by atoms with E-state index in [0.717, 1.165) is 38.0 Å². The molecule has 2 heterocycles. The van der Waals surface area contributed by atoms with Gasteiger partial charge in [0.05, 0.1) is 0 Å². The molecule has 0 bridgehead atoms. The average Bonchev–Trinajstić information content (AvgIpc) is 3.11. The molecule has 29 heavy (non-hydrogen) atoms. The van der Waals surface area contributed by atoms with Crippen molar-refractivity contribution in [2.24, 2.45) is 5.92 Å². The molecule has 1 saturated heterocycles. The number of fused-ring (bicyclic) bond motifs is 1. The van der Waals surface area contributed by atoms with Crippen molar-refractivity contribution in [2.45, 2.75) is 45.6 Å². The van der Waals surface area contributed by atoms with Crippen molar-refractivity contribution < 1.29 is 4.79 Å². The Hall–Kier alpha value is -2.26. The van der Waals surface area contributed by atoms with Crippen molar-refractivity contribution in [3.05, 3.63) is 70.9 Å². The van der Waals surface area contributed by atoms with Crippen LogP contribution < -0.4 is 0 Å². The molecule has 1 fully saturated rings. The van der Waals surface area contributed by atoms with Gasteiger partial charge in [-0.1, -0.05) is 48.9 Å². The number of halogens is 1. The molecule has 0 spiro atoms. The maximum Gasteiger partial charge on any atom is 0.223 e. The van der Waals surface area contributed by atoms with E-state index in [4.69, 9.17) is 11.6 Å². The zero-order valence-corrected chi connectivity index (χ0v) is 18.0. The highest BCUT2D eigenvalue weighted by atomic mass is 35.5. The van der Waals surface area contributed by atoms with Crippen molar-refractivity contribution >= 4 is 28.4 Å². The molecule has 4 heteroatoms. The number of hydrogen-bond acceptors (Lipinski definition) is 1. The second-order valence-electron chi connectivity index (χ2n) is 8.26. The summed E-state index contributed by atoms with van der Waals surface area (Å²) in [4.78, 5) is 15.3. The molecule has 1 unspecified atom stereocenters. The summed E-state index contributed by atoms with van der Waals surface area (Å²) < 4.78 is 2.27. The Morgan fingerprint density at radius 2 is 1.90 bits per heavy atom. The van der Waals surface area contributed by atoms with Crippen LogP contribution in [0, 0.1) is 5.92 Å². The fourth-order valence-corrected chi connectivity index (χ4v) is 4.71. The predicted molar refractivity (Wildman–Crippen MR) is 121 cm³/mol. The van der Waals surface area contributed by atoms with Gasteiger partial charge in [-0.15, -0.1) is 0 Å². The van der Waals surface area contributed by atoms with E-state index in [1.807, 2.05) is 18.2 Å². The van der Waals surface area contributed by atoms with Gasteiger partial charge in [0, 0.05) is 54.1 Å². The number of benzene rings is 2. The molecule has 1 amide bonds. The molecule has 3 aromatic rings. The first-order valence-electron chi connectivity index (χ1n) is 10.7. The van der Waals surface area contributed by atoms with Gasteiger partial charge in [-0.2, -0.15) is 0 Å². The fourth-order valence-electron chi connectivity index (χ4n) is 4.51. The van der Waals surface area contributed by atoms with E-state index in [-0.39, 0.29) is 11.8 Å². The Balaban J connectivity index is 1.73. The lowest BCUT2D eigenvalue weighted by molar-refractivity contribution is -0.132. The minimum Gasteiger partial charge on any atom is -0.347 e. The number of likely N-dealkylation sites (tertiary alicyclic amines) is 1. The lowest BCUT2D eigenvalue weighted by Crippen LogP contribution is -2.38. The highest BCUT2D eigenvalue weighted by Gasteiger charge is 2.27. The van der Waals surface area contributed by atoms with E-state index in [2.05, 4.69) is 59.8 Å². The molecule has 1 aliphatic heterocycles. The Kier molecular flexibility index (Phi) is 5.96. The van der Waals surface area contributed by atoms with Gasteiger partial charge in [-0.25, -0.2) is 0 Å². The predicted octanol–water partition coefficient (Wildman–Crippen LogP) is 6.10. The maximum absolute atomic E-state index is 13.2. The number of rotatable bonds is 5. The number of amides is 1. The molecule has 1 atom stereocenters. The molecule has 0 aliphatic carbocycles. The molecule has 152 valence electrons. The smallest absolute Gasteiger partial charge is 0.223 e. The Bertz CT molecular complexity index is 1000. The van der Waals surface area contributed by atoms with Crippen molar-refractivity contribution in [1.29, 1.82) is 0 Å². The van der Waals surface area contributed by atoms with E-state index < -0.39 is 0 Å². The summed E-state index contributed by atoms with van der Waals surface area (Å²) in [5.74, 6) is 0.957. The molecule has 0 saturated carbocycles. The minimum atomic E-state index is -0.00162. The minimum absolute atomic E-state index is 0.00162. The second-order valence-corrected chi connectivity index (χ2v) is 8.70. The number of aryl methyl sites for hydroxylation is 1.